The van der Waals surface area contributed by atoms with E-state index in [-0.39, 0.29) is 24.3 Å². The zero-order valence-electron chi connectivity index (χ0n) is 11.0. The molecule has 2 atom stereocenters. The van der Waals surface area contributed by atoms with Crippen LogP contribution in [0.4, 0.5) is 0 Å². The molecular formula is C13H21NO4. The third-order valence-corrected chi connectivity index (χ3v) is 4.24. The summed E-state index contributed by atoms with van der Waals surface area (Å²) < 4.78 is 4.71. The van der Waals surface area contributed by atoms with E-state index in [0.717, 1.165) is 25.7 Å². The summed E-state index contributed by atoms with van der Waals surface area (Å²) in [6.07, 6.45) is 3.51. The molecule has 0 aromatic rings. The van der Waals surface area contributed by atoms with Gasteiger partial charge in [0.1, 0.15) is 6.04 Å². The van der Waals surface area contributed by atoms with E-state index in [0.29, 0.717) is 0 Å². The Hall–Kier alpha value is -1.10. The number of methoxy groups -OCH3 is 1. The highest BCUT2D eigenvalue weighted by Crippen LogP contribution is 2.40. The molecule has 0 spiro atoms. The first-order chi connectivity index (χ1) is 8.48. The summed E-state index contributed by atoms with van der Waals surface area (Å²) in [4.78, 5) is 25.7. The molecule has 0 radical (unpaired) electrons. The Kier molecular flexibility index (Phi) is 3.61. The van der Waals surface area contributed by atoms with Gasteiger partial charge in [-0.3, -0.25) is 4.79 Å². The van der Waals surface area contributed by atoms with Gasteiger partial charge < -0.3 is 14.7 Å². The Balaban J connectivity index is 2.15. The van der Waals surface area contributed by atoms with Crippen LogP contribution in [0.15, 0.2) is 0 Å². The zero-order chi connectivity index (χ0) is 13.3. The van der Waals surface area contributed by atoms with E-state index in [1.54, 1.807) is 0 Å². The molecule has 5 nitrogen and oxygen atoms in total. The number of nitrogens with zero attached hydrogens (tertiary/aromatic N) is 1. The highest BCUT2D eigenvalue weighted by Gasteiger charge is 2.46. The number of aliphatic hydroxyl groups is 1. The predicted molar refractivity (Wildman–Crippen MR) is 64.7 cm³/mol. The minimum Gasteiger partial charge on any atom is -0.467 e. The SMILES string of the molecule is COC(=O)C1CC(O)CN1C(=O)C1(C)CCCC1. The van der Waals surface area contributed by atoms with Crippen molar-refractivity contribution in [3.05, 3.63) is 0 Å². The average molecular weight is 255 g/mol. The van der Waals surface area contributed by atoms with E-state index in [1.807, 2.05) is 6.92 Å². The van der Waals surface area contributed by atoms with Crippen LogP contribution in [0.2, 0.25) is 0 Å². The van der Waals surface area contributed by atoms with Crippen LogP contribution < -0.4 is 0 Å². The molecule has 2 rings (SSSR count). The number of amides is 1. The van der Waals surface area contributed by atoms with E-state index in [4.69, 9.17) is 4.74 Å². The van der Waals surface area contributed by atoms with Crippen LogP contribution in [0.25, 0.3) is 0 Å². The Morgan fingerprint density at radius 3 is 2.50 bits per heavy atom. The van der Waals surface area contributed by atoms with Crippen molar-refractivity contribution in [2.24, 2.45) is 5.41 Å². The first-order valence-electron chi connectivity index (χ1n) is 6.55. The number of carbonyl (C=O) groups excluding carboxylic acids is 2. The summed E-state index contributed by atoms with van der Waals surface area (Å²) in [5, 5.41) is 9.69. The van der Waals surface area contributed by atoms with Crippen molar-refractivity contribution in [2.75, 3.05) is 13.7 Å². The van der Waals surface area contributed by atoms with Gasteiger partial charge in [-0.25, -0.2) is 4.79 Å². The maximum atomic E-state index is 12.6. The second-order valence-corrected chi connectivity index (χ2v) is 5.65. The number of rotatable bonds is 2. The monoisotopic (exact) mass is 255 g/mol. The third kappa shape index (κ3) is 2.23. The van der Waals surface area contributed by atoms with E-state index in [9.17, 15) is 14.7 Å². The van der Waals surface area contributed by atoms with Gasteiger partial charge in [0.05, 0.1) is 13.2 Å². The van der Waals surface area contributed by atoms with Crippen LogP contribution in [0.3, 0.4) is 0 Å². The molecule has 18 heavy (non-hydrogen) atoms. The minimum atomic E-state index is -0.622. The number of carbonyl (C=O) groups is 2. The molecule has 1 heterocycles. The zero-order valence-corrected chi connectivity index (χ0v) is 11.0. The minimum absolute atomic E-state index is 0.00745. The Bertz CT molecular complexity index is 349. The molecule has 1 saturated carbocycles. The summed E-state index contributed by atoms with van der Waals surface area (Å²) in [6.45, 7) is 2.20. The molecule has 2 fully saturated rings. The van der Waals surface area contributed by atoms with Gasteiger partial charge in [-0.05, 0) is 12.8 Å². The van der Waals surface area contributed by atoms with Crippen LogP contribution >= 0.6 is 0 Å². The first-order valence-corrected chi connectivity index (χ1v) is 6.55. The molecule has 0 bridgehead atoms. The second-order valence-electron chi connectivity index (χ2n) is 5.65. The maximum absolute atomic E-state index is 12.6. The predicted octanol–water partition coefficient (Wildman–Crippen LogP) is 0.701. The molecule has 0 aromatic heterocycles. The molecule has 0 aromatic carbocycles. The maximum Gasteiger partial charge on any atom is 0.328 e. The van der Waals surface area contributed by atoms with Gasteiger partial charge in [-0.2, -0.15) is 0 Å². The summed E-state index contributed by atoms with van der Waals surface area (Å²) in [5.41, 5.74) is -0.365. The summed E-state index contributed by atoms with van der Waals surface area (Å²) in [7, 11) is 1.31. The molecule has 5 heteroatoms. The number of likely N-dealkylation sites (tertiary alicyclic amines) is 1. The first kappa shape index (κ1) is 13.3. The lowest BCUT2D eigenvalue weighted by Gasteiger charge is -2.31. The van der Waals surface area contributed by atoms with Gasteiger partial charge in [0, 0.05) is 18.4 Å². The molecule has 1 amide bonds. The van der Waals surface area contributed by atoms with Gasteiger partial charge in [-0.1, -0.05) is 19.8 Å². The lowest BCUT2D eigenvalue weighted by Crippen LogP contribution is -2.47. The largest absolute Gasteiger partial charge is 0.467 e. The fraction of sp³-hybridized carbons (Fsp3) is 0.846. The lowest BCUT2D eigenvalue weighted by molar-refractivity contribution is -0.154. The highest BCUT2D eigenvalue weighted by molar-refractivity contribution is 5.88. The highest BCUT2D eigenvalue weighted by atomic mass is 16.5. The van der Waals surface area contributed by atoms with Crippen LogP contribution in [0.1, 0.15) is 39.0 Å². The van der Waals surface area contributed by atoms with E-state index in [2.05, 4.69) is 0 Å². The van der Waals surface area contributed by atoms with Crippen molar-refractivity contribution in [2.45, 2.75) is 51.2 Å². The average Bonchev–Trinajstić information content (AvgIpc) is 2.94. The van der Waals surface area contributed by atoms with Crippen molar-refractivity contribution in [1.82, 2.24) is 4.90 Å². The lowest BCUT2D eigenvalue weighted by atomic mass is 9.87. The molecule has 1 N–H and O–H groups in total. The Morgan fingerprint density at radius 2 is 1.94 bits per heavy atom. The van der Waals surface area contributed by atoms with Gasteiger partial charge in [0.25, 0.3) is 0 Å². The van der Waals surface area contributed by atoms with Crippen LogP contribution in [0.5, 0.6) is 0 Å². The standard InChI is InChI=1S/C13H21NO4/c1-13(5-3-4-6-13)12(17)14-8-9(15)7-10(14)11(16)18-2/h9-10,15H,3-8H2,1-2H3. The number of aliphatic hydroxyl groups excluding tert-OH is 1. The van der Waals surface area contributed by atoms with Crippen molar-refractivity contribution in [3.63, 3.8) is 0 Å². The van der Waals surface area contributed by atoms with E-state index in [1.165, 1.54) is 12.0 Å². The van der Waals surface area contributed by atoms with Gasteiger partial charge in [-0.15, -0.1) is 0 Å². The number of esters is 1. The molecule has 102 valence electrons. The van der Waals surface area contributed by atoms with Crippen molar-refractivity contribution >= 4 is 11.9 Å². The molecule has 2 unspecified atom stereocenters. The molecule has 1 aliphatic carbocycles. The topological polar surface area (TPSA) is 66.8 Å². The van der Waals surface area contributed by atoms with Crippen LogP contribution in [-0.2, 0) is 14.3 Å². The van der Waals surface area contributed by atoms with Crippen LogP contribution in [0, 0.1) is 5.41 Å². The van der Waals surface area contributed by atoms with Crippen LogP contribution in [-0.4, -0.2) is 47.7 Å². The molecule has 1 aliphatic heterocycles. The number of hydrogen-bond donors (Lipinski definition) is 1. The number of β-amino-alcohol motifs (C(OH)–C–C–N with tert-alkyl or cyclic N) is 1. The molecule has 2 aliphatic rings. The van der Waals surface area contributed by atoms with Crippen molar-refractivity contribution < 1.29 is 19.4 Å². The quantitative estimate of drug-likeness (QED) is 0.738. The fourth-order valence-electron chi connectivity index (χ4n) is 3.11. The second kappa shape index (κ2) is 4.88. The van der Waals surface area contributed by atoms with E-state index >= 15 is 0 Å². The summed E-state index contributed by atoms with van der Waals surface area (Å²) >= 11 is 0. The normalized spacial score (nSPS) is 30.5. The van der Waals surface area contributed by atoms with Gasteiger partial charge >= 0.3 is 5.97 Å². The Labute approximate surface area is 107 Å². The summed E-state index contributed by atoms with van der Waals surface area (Å²) in [6, 6.07) is -0.616. The van der Waals surface area contributed by atoms with Crippen molar-refractivity contribution in [3.8, 4) is 0 Å². The molecule has 1 saturated heterocycles. The number of hydrogen-bond acceptors (Lipinski definition) is 4. The third-order valence-electron chi connectivity index (χ3n) is 4.24. The van der Waals surface area contributed by atoms with Gasteiger partial charge in [0.15, 0.2) is 0 Å². The molecular weight excluding hydrogens is 234 g/mol. The van der Waals surface area contributed by atoms with Crippen molar-refractivity contribution in [1.29, 1.82) is 0 Å². The Morgan fingerprint density at radius 1 is 1.33 bits per heavy atom. The fourth-order valence-corrected chi connectivity index (χ4v) is 3.11. The smallest absolute Gasteiger partial charge is 0.328 e. The number of ether oxygens (including phenoxy) is 1. The van der Waals surface area contributed by atoms with E-state index < -0.39 is 18.1 Å². The summed E-state index contributed by atoms with van der Waals surface area (Å²) in [5.74, 6) is -0.437. The van der Waals surface area contributed by atoms with Gasteiger partial charge in [0.2, 0.25) is 5.91 Å².